The summed E-state index contributed by atoms with van der Waals surface area (Å²) in [5.41, 5.74) is 2.48. The fraction of sp³-hybridized carbons (Fsp3) is 0.440. The summed E-state index contributed by atoms with van der Waals surface area (Å²) in [5.74, 6) is 1.80. The van der Waals surface area contributed by atoms with Crippen molar-refractivity contribution in [3.8, 4) is 11.5 Å². The van der Waals surface area contributed by atoms with Crippen molar-refractivity contribution in [2.24, 2.45) is 5.92 Å². The van der Waals surface area contributed by atoms with Crippen LogP contribution in [0.25, 0.3) is 0 Å². The molecule has 2 aromatic rings. The Bertz CT molecular complexity index is 918. The van der Waals surface area contributed by atoms with Crippen LogP contribution < -0.4 is 19.7 Å². The van der Waals surface area contributed by atoms with Gasteiger partial charge < -0.3 is 19.7 Å². The summed E-state index contributed by atoms with van der Waals surface area (Å²) in [5, 5.41) is 2.89. The molecule has 1 saturated heterocycles. The zero-order chi connectivity index (χ0) is 21.6. The number of hydrogen-bond acceptors (Lipinski definition) is 5. The van der Waals surface area contributed by atoms with E-state index >= 15 is 0 Å². The first-order valence-electron chi connectivity index (χ1n) is 11.2. The summed E-state index contributed by atoms with van der Waals surface area (Å²) in [7, 11) is 0. The molecule has 2 aliphatic heterocycles. The van der Waals surface area contributed by atoms with E-state index in [9.17, 15) is 9.59 Å². The second-order valence-electron chi connectivity index (χ2n) is 8.40. The number of benzene rings is 2. The van der Waals surface area contributed by atoms with Crippen LogP contribution in [0.15, 0.2) is 42.5 Å². The highest BCUT2D eigenvalue weighted by Gasteiger charge is 2.17. The third-order valence-corrected chi connectivity index (χ3v) is 5.95. The van der Waals surface area contributed by atoms with Crippen LogP contribution >= 0.6 is 0 Å². The van der Waals surface area contributed by atoms with Crippen molar-refractivity contribution < 1.29 is 19.1 Å². The number of amides is 1. The molecule has 0 radical (unpaired) electrons. The topological polar surface area (TPSA) is 67.9 Å². The van der Waals surface area contributed by atoms with Crippen LogP contribution in [-0.4, -0.2) is 38.0 Å². The van der Waals surface area contributed by atoms with E-state index in [1.807, 2.05) is 12.1 Å². The SMILES string of the molecule is CC1CCN(c2ccc(NC(=O)CCC(=O)c3ccc4c(c3)OCCCO4)cc2)CC1. The Morgan fingerprint density at radius 2 is 1.68 bits per heavy atom. The van der Waals surface area contributed by atoms with Gasteiger partial charge in [0.2, 0.25) is 5.91 Å². The van der Waals surface area contributed by atoms with Gasteiger partial charge in [-0.15, -0.1) is 0 Å². The van der Waals surface area contributed by atoms with Gasteiger partial charge in [-0.25, -0.2) is 0 Å². The number of carbonyl (C=O) groups excluding carboxylic acids is 2. The van der Waals surface area contributed by atoms with E-state index in [1.165, 1.54) is 18.5 Å². The number of Topliss-reactive ketones (excluding diaryl/α,β-unsaturated/α-hetero) is 1. The van der Waals surface area contributed by atoms with Crippen LogP contribution in [0.2, 0.25) is 0 Å². The Hall–Kier alpha value is -3.02. The van der Waals surface area contributed by atoms with E-state index in [0.29, 0.717) is 30.3 Å². The molecule has 1 amide bonds. The number of carbonyl (C=O) groups is 2. The maximum atomic E-state index is 12.5. The van der Waals surface area contributed by atoms with Gasteiger partial charge in [-0.3, -0.25) is 9.59 Å². The molecule has 6 nitrogen and oxygen atoms in total. The zero-order valence-corrected chi connectivity index (χ0v) is 18.1. The molecule has 0 bridgehead atoms. The molecule has 2 aromatic carbocycles. The molecule has 1 N–H and O–H groups in total. The lowest BCUT2D eigenvalue weighted by Crippen LogP contribution is -2.32. The van der Waals surface area contributed by atoms with Crippen LogP contribution in [0.5, 0.6) is 11.5 Å². The third-order valence-electron chi connectivity index (χ3n) is 5.95. The molecule has 0 unspecified atom stereocenters. The molecule has 0 aliphatic carbocycles. The number of fused-ring (bicyclic) bond motifs is 1. The molecule has 0 saturated carbocycles. The van der Waals surface area contributed by atoms with Gasteiger partial charge in [0.1, 0.15) is 0 Å². The molecule has 0 spiro atoms. The van der Waals surface area contributed by atoms with E-state index in [-0.39, 0.29) is 24.5 Å². The van der Waals surface area contributed by atoms with Gasteiger partial charge in [0.25, 0.3) is 0 Å². The summed E-state index contributed by atoms with van der Waals surface area (Å²) in [6, 6.07) is 13.2. The first-order chi connectivity index (χ1) is 15.1. The number of nitrogens with zero attached hydrogens (tertiary/aromatic N) is 1. The second kappa shape index (κ2) is 9.86. The molecule has 2 heterocycles. The summed E-state index contributed by atoms with van der Waals surface area (Å²) in [4.78, 5) is 27.3. The number of anilines is 2. The molecule has 4 rings (SSSR count). The van der Waals surface area contributed by atoms with Crippen molar-refractivity contribution in [3.05, 3.63) is 48.0 Å². The van der Waals surface area contributed by atoms with E-state index in [0.717, 1.165) is 31.1 Å². The molecule has 0 atom stereocenters. The Balaban J connectivity index is 1.27. The van der Waals surface area contributed by atoms with Crippen LogP contribution in [-0.2, 0) is 4.79 Å². The third kappa shape index (κ3) is 5.57. The van der Waals surface area contributed by atoms with E-state index in [2.05, 4.69) is 29.3 Å². The Labute approximate surface area is 183 Å². The summed E-state index contributed by atoms with van der Waals surface area (Å²) in [6.45, 7) is 5.64. The molecule has 6 heteroatoms. The van der Waals surface area contributed by atoms with Crippen molar-refractivity contribution in [2.75, 3.05) is 36.5 Å². The highest BCUT2D eigenvalue weighted by molar-refractivity contribution is 6.00. The van der Waals surface area contributed by atoms with Crippen LogP contribution in [0, 0.1) is 5.92 Å². The fourth-order valence-corrected chi connectivity index (χ4v) is 3.95. The minimum atomic E-state index is -0.165. The number of hydrogen-bond donors (Lipinski definition) is 1. The zero-order valence-electron chi connectivity index (χ0n) is 18.1. The molecule has 0 aromatic heterocycles. The predicted octanol–water partition coefficient (Wildman–Crippen LogP) is 4.69. The lowest BCUT2D eigenvalue weighted by atomic mass is 9.99. The van der Waals surface area contributed by atoms with E-state index < -0.39 is 0 Å². The monoisotopic (exact) mass is 422 g/mol. The average Bonchev–Trinajstić information content (AvgIpc) is 3.03. The van der Waals surface area contributed by atoms with E-state index in [4.69, 9.17) is 9.47 Å². The molecular formula is C25H30N2O4. The first kappa shape index (κ1) is 21.2. The Morgan fingerprint density at radius 3 is 2.42 bits per heavy atom. The molecule has 31 heavy (non-hydrogen) atoms. The van der Waals surface area contributed by atoms with Crippen molar-refractivity contribution in [3.63, 3.8) is 0 Å². The van der Waals surface area contributed by atoms with Crippen molar-refractivity contribution in [2.45, 2.75) is 39.0 Å². The number of rotatable bonds is 6. The smallest absolute Gasteiger partial charge is 0.224 e. The maximum Gasteiger partial charge on any atom is 0.224 e. The van der Waals surface area contributed by atoms with Gasteiger partial charge in [0.15, 0.2) is 17.3 Å². The minimum absolute atomic E-state index is 0.0829. The molecular weight excluding hydrogens is 392 g/mol. The van der Waals surface area contributed by atoms with Crippen LogP contribution in [0.4, 0.5) is 11.4 Å². The lowest BCUT2D eigenvalue weighted by Gasteiger charge is -2.32. The van der Waals surface area contributed by atoms with Gasteiger partial charge in [-0.2, -0.15) is 0 Å². The molecule has 2 aliphatic rings. The quantitative estimate of drug-likeness (QED) is 0.685. The fourth-order valence-electron chi connectivity index (χ4n) is 3.95. The first-order valence-corrected chi connectivity index (χ1v) is 11.2. The minimum Gasteiger partial charge on any atom is -0.490 e. The highest BCUT2D eigenvalue weighted by atomic mass is 16.5. The van der Waals surface area contributed by atoms with E-state index in [1.54, 1.807) is 18.2 Å². The van der Waals surface area contributed by atoms with Gasteiger partial charge in [-0.1, -0.05) is 6.92 Å². The average molecular weight is 423 g/mol. The van der Waals surface area contributed by atoms with Crippen LogP contribution in [0.1, 0.15) is 49.4 Å². The predicted molar refractivity (Wildman–Crippen MR) is 121 cm³/mol. The van der Waals surface area contributed by atoms with Gasteiger partial charge in [0, 0.05) is 49.3 Å². The Kier molecular flexibility index (Phi) is 6.75. The highest BCUT2D eigenvalue weighted by Crippen LogP contribution is 2.31. The van der Waals surface area contributed by atoms with Crippen molar-refractivity contribution >= 4 is 23.1 Å². The van der Waals surface area contributed by atoms with Gasteiger partial charge in [0.05, 0.1) is 13.2 Å². The largest absolute Gasteiger partial charge is 0.490 e. The van der Waals surface area contributed by atoms with Crippen molar-refractivity contribution in [1.82, 2.24) is 0 Å². The van der Waals surface area contributed by atoms with Gasteiger partial charge >= 0.3 is 0 Å². The second-order valence-corrected chi connectivity index (χ2v) is 8.40. The Morgan fingerprint density at radius 1 is 0.968 bits per heavy atom. The summed E-state index contributed by atoms with van der Waals surface area (Å²) >= 11 is 0. The number of nitrogens with one attached hydrogen (secondary N) is 1. The normalized spacial score (nSPS) is 16.5. The number of ether oxygens (including phenoxy) is 2. The summed E-state index contributed by atoms with van der Waals surface area (Å²) < 4.78 is 11.2. The number of ketones is 1. The molecule has 164 valence electrons. The standard InChI is InChI=1S/C25H30N2O4/c1-18-11-13-27(14-12-18)21-6-4-20(5-7-21)26-25(29)10-8-22(28)19-3-9-23-24(17-19)31-16-2-15-30-23/h3-7,9,17-18H,2,8,10-16H2,1H3,(H,26,29). The van der Waals surface area contributed by atoms with Crippen molar-refractivity contribution in [1.29, 1.82) is 0 Å². The van der Waals surface area contributed by atoms with Gasteiger partial charge in [-0.05, 0) is 61.2 Å². The maximum absolute atomic E-state index is 12.5. The summed E-state index contributed by atoms with van der Waals surface area (Å²) in [6.07, 6.45) is 3.54. The lowest BCUT2D eigenvalue weighted by molar-refractivity contribution is -0.116. The van der Waals surface area contributed by atoms with Crippen LogP contribution in [0.3, 0.4) is 0 Å². The number of piperidine rings is 1. The molecule has 1 fully saturated rings.